The highest BCUT2D eigenvalue weighted by Gasteiger charge is 2.22. The molecular formula is C48H42N2OSi2. The summed E-state index contributed by atoms with van der Waals surface area (Å²) in [6, 6.07) is 54.2. The smallest absolute Gasteiger partial charge is 0.137 e. The molecule has 0 spiro atoms. The number of hydrogen-bond donors (Lipinski definition) is 0. The van der Waals surface area contributed by atoms with Gasteiger partial charge in [0, 0.05) is 49.8 Å². The first-order valence-corrected chi connectivity index (χ1v) is 25.7. The summed E-state index contributed by atoms with van der Waals surface area (Å²) in [4.78, 5) is 0. The molecule has 7 aromatic carbocycles. The molecule has 0 N–H and O–H groups in total. The number of benzene rings is 7. The fourth-order valence-corrected chi connectivity index (χ4v) is 10.6. The van der Waals surface area contributed by atoms with E-state index in [1.54, 1.807) is 0 Å². The second-order valence-corrected chi connectivity index (χ2v) is 26.9. The van der Waals surface area contributed by atoms with Crippen molar-refractivity contribution in [1.29, 1.82) is 0 Å². The molecule has 0 radical (unpaired) electrons. The van der Waals surface area contributed by atoms with Crippen molar-refractivity contribution in [2.75, 3.05) is 0 Å². The van der Waals surface area contributed by atoms with Crippen molar-refractivity contribution in [1.82, 2.24) is 9.13 Å². The van der Waals surface area contributed by atoms with Crippen LogP contribution in [0.4, 0.5) is 0 Å². The van der Waals surface area contributed by atoms with Crippen LogP contribution in [0, 0.1) is 0 Å². The van der Waals surface area contributed by atoms with Gasteiger partial charge >= 0.3 is 0 Å². The zero-order chi connectivity index (χ0) is 36.2. The molecular weight excluding hydrogens is 677 g/mol. The average Bonchev–Trinajstić information content (AvgIpc) is 3.80. The van der Waals surface area contributed by atoms with Crippen molar-refractivity contribution in [3.05, 3.63) is 146 Å². The normalized spacial score (nSPS) is 12.7. The molecule has 0 unspecified atom stereocenters. The van der Waals surface area contributed by atoms with E-state index in [2.05, 4.69) is 188 Å². The lowest BCUT2D eigenvalue weighted by Gasteiger charge is -2.17. The quantitative estimate of drug-likeness (QED) is 0.163. The lowest BCUT2D eigenvalue weighted by molar-refractivity contribution is 0.668. The Hall–Kier alpha value is -5.63. The lowest BCUT2D eigenvalue weighted by Crippen LogP contribution is -2.37. The summed E-state index contributed by atoms with van der Waals surface area (Å²) in [5, 5.41) is 10.4. The van der Waals surface area contributed by atoms with Gasteiger partial charge in [0.15, 0.2) is 0 Å². The Morgan fingerprint density at radius 2 is 0.830 bits per heavy atom. The Kier molecular flexibility index (Phi) is 6.92. The molecule has 0 atom stereocenters. The monoisotopic (exact) mass is 718 g/mol. The minimum atomic E-state index is -1.57. The van der Waals surface area contributed by atoms with Gasteiger partial charge in [-0.15, -0.1) is 0 Å². The van der Waals surface area contributed by atoms with E-state index < -0.39 is 16.1 Å². The molecule has 0 fully saturated rings. The van der Waals surface area contributed by atoms with Crippen LogP contribution >= 0.6 is 0 Å². The molecule has 3 heterocycles. The van der Waals surface area contributed by atoms with E-state index in [1.807, 2.05) is 6.07 Å². The molecule has 0 saturated heterocycles. The summed E-state index contributed by atoms with van der Waals surface area (Å²) in [5.41, 5.74) is 11.5. The van der Waals surface area contributed by atoms with E-state index >= 15 is 0 Å². The third-order valence-electron chi connectivity index (χ3n) is 11.2. The Morgan fingerprint density at radius 3 is 1.40 bits per heavy atom. The highest BCUT2D eigenvalue weighted by atomic mass is 28.3. The first-order chi connectivity index (χ1) is 25.5. The Balaban J connectivity index is 1.20. The average molecular weight is 719 g/mol. The summed E-state index contributed by atoms with van der Waals surface area (Å²) in [6.07, 6.45) is 0. The standard InChI is InChI=1S/C48H42N2OSi2/c1-52(2,3)35-19-24-45-41(29-35)39-26-31(16-22-43(39)49(45)33-12-8-7-9-13-33)32-17-23-44-40(27-32)42-30-36(53(4,5)6)20-25-46(42)50(44)34-18-21-38-37-14-10-11-15-47(37)51-48(38)28-34/h7-30H,1-6H3. The number of nitrogens with zero attached hydrogens (tertiary/aromatic N) is 2. The SMILES string of the molecule is C[Si](C)(C)c1ccc2c(c1)c1cc(-c3ccc4c(c3)c3cc([Si](C)(C)C)ccc3n4-c3ccc4c(c3)oc3ccccc34)ccc1n2-c1ccccc1. The second-order valence-electron chi connectivity index (χ2n) is 16.7. The Labute approximate surface area is 311 Å². The predicted octanol–water partition coefficient (Wildman–Crippen LogP) is 12.5. The molecule has 53 heavy (non-hydrogen) atoms. The Bertz CT molecular complexity index is 3080. The van der Waals surface area contributed by atoms with Crippen molar-refractivity contribution >= 4 is 92.1 Å². The van der Waals surface area contributed by atoms with Crippen LogP contribution in [0.2, 0.25) is 39.3 Å². The number of para-hydroxylation sites is 2. The van der Waals surface area contributed by atoms with Gasteiger partial charge in [-0.2, -0.15) is 0 Å². The minimum absolute atomic E-state index is 0.911. The number of aromatic nitrogens is 2. The summed E-state index contributed by atoms with van der Waals surface area (Å²) < 4.78 is 11.2. The topological polar surface area (TPSA) is 23.0 Å². The Morgan fingerprint density at radius 1 is 0.358 bits per heavy atom. The highest BCUT2D eigenvalue weighted by Crippen LogP contribution is 2.39. The van der Waals surface area contributed by atoms with Crippen molar-refractivity contribution in [3.8, 4) is 22.5 Å². The van der Waals surface area contributed by atoms with Crippen LogP contribution in [0.15, 0.2) is 150 Å². The predicted molar refractivity (Wildman–Crippen MR) is 234 cm³/mol. The van der Waals surface area contributed by atoms with Gasteiger partial charge in [-0.1, -0.05) is 122 Å². The lowest BCUT2D eigenvalue weighted by atomic mass is 10.0. The van der Waals surface area contributed by atoms with Crippen molar-refractivity contribution in [3.63, 3.8) is 0 Å². The highest BCUT2D eigenvalue weighted by molar-refractivity contribution is 6.89. The molecule has 0 aliphatic heterocycles. The van der Waals surface area contributed by atoms with Crippen LogP contribution in [0.1, 0.15) is 0 Å². The third-order valence-corrected chi connectivity index (χ3v) is 15.3. The van der Waals surface area contributed by atoms with Gasteiger partial charge in [0.2, 0.25) is 0 Å². The van der Waals surface area contributed by atoms with E-state index in [1.165, 1.54) is 70.8 Å². The minimum Gasteiger partial charge on any atom is -0.456 e. The maximum atomic E-state index is 6.37. The summed E-state index contributed by atoms with van der Waals surface area (Å²) in [6.45, 7) is 14.6. The first kappa shape index (κ1) is 32.1. The van der Waals surface area contributed by atoms with Gasteiger partial charge < -0.3 is 13.6 Å². The second kappa shape index (κ2) is 11.4. The summed E-state index contributed by atoms with van der Waals surface area (Å²) in [5.74, 6) is 0. The molecule has 3 nitrogen and oxygen atoms in total. The van der Waals surface area contributed by atoms with Gasteiger partial charge in [0.05, 0.1) is 38.2 Å². The molecule has 258 valence electrons. The molecule has 10 rings (SSSR count). The van der Waals surface area contributed by atoms with Gasteiger partial charge in [-0.05, 0) is 77.9 Å². The van der Waals surface area contributed by atoms with Crippen LogP contribution in [0.5, 0.6) is 0 Å². The summed E-state index contributed by atoms with van der Waals surface area (Å²) in [7, 11) is -3.09. The van der Waals surface area contributed by atoms with Crippen molar-refractivity contribution in [2.24, 2.45) is 0 Å². The van der Waals surface area contributed by atoms with Gasteiger partial charge in [0.1, 0.15) is 11.2 Å². The number of rotatable bonds is 5. The maximum Gasteiger partial charge on any atom is 0.137 e. The molecule has 5 heteroatoms. The molecule has 0 aliphatic rings. The van der Waals surface area contributed by atoms with Crippen molar-refractivity contribution < 1.29 is 4.42 Å². The van der Waals surface area contributed by atoms with Gasteiger partial charge in [-0.3, -0.25) is 0 Å². The van der Waals surface area contributed by atoms with E-state index in [0.29, 0.717) is 0 Å². The number of furan rings is 1. The molecule has 3 aromatic heterocycles. The van der Waals surface area contributed by atoms with Crippen LogP contribution in [-0.4, -0.2) is 25.3 Å². The number of fused-ring (bicyclic) bond motifs is 9. The molecule has 0 aliphatic carbocycles. The molecule has 0 bridgehead atoms. The van der Waals surface area contributed by atoms with Crippen LogP contribution in [0.3, 0.4) is 0 Å². The fraction of sp³-hybridized carbons (Fsp3) is 0.125. The fourth-order valence-electron chi connectivity index (χ4n) is 8.33. The summed E-state index contributed by atoms with van der Waals surface area (Å²) >= 11 is 0. The maximum absolute atomic E-state index is 6.37. The number of hydrogen-bond acceptors (Lipinski definition) is 1. The first-order valence-electron chi connectivity index (χ1n) is 18.7. The largest absolute Gasteiger partial charge is 0.456 e. The van der Waals surface area contributed by atoms with Gasteiger partial charge in [0.25, 0.3) is 0 Å². The van der Waals surface area contributed by atoms with Gasteiger partial charge in [-0.25, -0.2) is 0 Å². The zero-order valence-corrected chi connectivity index (χ0v) is 33.2. The van der Waals surface area contributed by atoms with Crippen molar-refractivity contribution in [2.45, 2.75) is 39.3 Å². The molecule has 0 amide bonds. The molecule has 0 saturated carbocycles. The van der Waals surface area contributed by atoms with E-state index in [-0.39, 0.29) is 0 Å². The van der Waals surface area contributed by atoms with Crippen LogP contribution in [-0.2, 0) is 0 Å². The van der Waals surface area contributed by atoms with Crippen LogP contribution < -0.4 is 10.4 Å². The van der Waals surface area contributed by atoms with E-state index in [9.17, 15) is 0 Å². The molecule has 10 aromatic rings. The third kappa shape index (κ3) is 5.06. The van der Waals surface area contributed by atoms with E-state index in [0.717, 1.165) is 27.6 Å². The van der Waals surface area contributed by atoms with E-state index in [4.69, 9.17) is 4.42 Å². The van der Waals surface area contributed by atoms with Crippen LogP contribution in [0.25, 0.3) is 88.1 Å². The zero-order valence-electron chi connectivity index (χ0n) is 31.2.